The number of aliphatic carboxylic acids is 1. The van der Waals surface area contributed by atoms with Crippen molar-refractivity contribution < 1.29 is 19.4 Å². The average Bonchev–Trinajstić information content (AvgIpc) is 2.83. The van der Waals surface area contributed by atoms with E-state index in [4.69, 9.17) is 15.6 Å². The summed E-state index contributed by atoms with van der Waals surface area (Å²) in [5.74, 6) is -1.50. The lowest BCUT2D eigenvalue weighted by atomic mass is 10.0. The highest BCUT2D eigenvalue weighted by molar-refractivity contribution is 5.86. The van der Waals surface area contributed by atoms with Crippen LogP contribution in [0.15, 0.2) is 0 Å². The van der Waals surface area contributed by atoms with Gasteiger partial charge in [-0.25, -0.2) is 4.79 Å². The van der Waals surface area contributed by atoms with E-state index in [-0.39, 0.29) is 23.8 Å². The first-order valence-electron chi connectivity index (χ1n) is 5.89. The number of likely N-dealkylation sites (tertiary alicyclic amines) is 1. The Morgan fingerprint density at radius 2 is 2.12 bits per heavy atom. The molecule has 1 amide bonds. The van der Waals surface area contributed by atoms with Crippen LogP contribution in [0.25, 0.3) is 0 Å². The topological polar surface area (TPSA) is 92.9 Å². The minimum atomic E-state index is -0.934. The smallest absolute Gasteiger partial charge is 0.326 e. The van der Waals surface area contributed by atoms with Crippen molar-refractivity contribution in [2.24, 2.45) is 17.6 Å². The fraction of sp³-hybridized carbons (Fsp3) is 0.818. The highest BCUT2D eigenvalue weighted by atomic mass is 16.5. The number of hydrogen-bond acceptors (Lipinski definition) is 4. The first-order valence-corrected chi connectivity index (χ1v) is 5.89. The molecule has 0 bridgehead atoms. The summed E-state index contributed by atoms with van der Waals surface area (Å²) in [7, 11) is 0. The second-order valence-corrected chi connectivity index (χ2v) is 4.89. The lowest BCUT2D eigenvalue weighted by Crippen LogP contribution is -2.49. The molecule has 2 rings (SSSR count). The van der Waals surface area contributed by atoms with Gasteiger partial charge in [0.25, 0.3) is 0 Å². The SMILES string of the molecule is CC1CCN(C(=O)C2COCC2N)C1C(=O)O. The van der Waals surface area contributed by atoms with Gasteiger partial charge in [-0.05, 0) is 12.3 Å². The van der Waals surface area contributed by atoms with Gasteiger partial charge < -0.3 is 20.5 Å². The third kappa shape index (κ3) is 2.14. The van der Waals surface area contributed by atoms with Gasteiger partial charge in [0.05, 0.1) is 19.1 Å². The summed E-state index contributed by atoms with van der Waals surface area (Å²) in [6.45, 7) is 3.03. The zero-order valence-corrected chi connectivity index (χ0v) is 9.83. The number of amides is 1. The van der Waals surface area contributed by atoms with Crippen LogP contribution in [0, 0.1) is 11.8 Å². The van der Waals surface area contributed by atoms with Crippen molar-refractivity contribution in [2.45, 2.75) is 25.4 Å². The monoisotopic (exact) mass is 242 g/mol. The van der Waals surface area contributed by atoms with Crippen molar-refractivity contribution in [3.05, 3.63) is 0 Å². The summed E-state index contributed by atoms with van der Waals surface area (Å²) in [4.78, 5) is 24.8. The molecular formula is C11H18N2O4. The number of carboxylic acid groups (broad SMARTS) is 1. The number of nitrogens with two attached hydrogens (primary N) is 1. The third-order valence-corrected chi connectivity index (χ3v) is 3.68. The highest BCUT2D eigenvalue weighted by Crippen LogP contribution is 2.27. The summed E-state index contributed by atoms with van der Waals surface area (Å²) in [5, 5.41) is 9.16. The van der Waals surface area contributed by atoms with Crippen molar-refractivity contribution >= 4 is 11.9 Å². The number of carbonyl (C=O) groups excluding carboxylic acids is 1. The zero-order chi connectivity index (χ0) is 12.6. The molecule has 4 atom stereocenters. The maximum absolute atomic E-state index is 12.2. The molecule has 2 aliphatic heterocycles. The highest BCUT2D eigenvalue weighted by Gasteiger charge is 2.44. The minimum Gasteiger partial charge on any atom is -0.480 e. The first-order chi connectivity index (χ1) is 8.02. The molecule has 2 heterocycles. The molecule has 17 heavy (non-hydrogen) atoms. The van der Waals surface area contributed by atoms with E-state index in [1.54, 1.807) is 0 Å². The van der Waals surface area contributed by atoms with E-state index in [0.29, 0.717) is 19.8 Å². The molecule has 0 radical (unpaired) electrons. The molecule has 4 unspecified atom stereocenters. The third-order valence-electron chi connectivity index (χ3n) is 3.68. The van der Waals surface area contributed by atoms with Crippen LogP contribution in [0.5, 0.6) is 0 Å². The van der Waals surface area contributed by atoms with Crippen molar-refractivity contribution in [2.75, 3.05) is 19.8 Å². The van der Waals surface area contributed by atoms with Crippen LogP contribution in [0.2, 0.25) is 0 Å². The Hall–Kier alpha value is -1.14. The lowest BCUT2D eigenvalue weighted by molar-refractivity contribution is -0.151. The van der Waals surface area contributed by atoms with Gasteiger partial charge in [-0.15, -0.1) is 0 Å². The molecule has 6 nitrogen and oxygen atoms in total. The molecule has 96 valence electrons. The van der Waals surface area contributed by atoms with Crippen molar-refractivity contribution in [1.29, 1.82) is 0 Å². The molecule has 2 fully saturated rings. The van der Waals surface area contributed by atoms with Gasteiger partial charge >= 0.3 is 5.97 Å². The average molecular weight is 242 g/mol. The molecule has 0 aromatic carbocycles. The standard InChI is InChI=1S/C11H18N2O4/c1-6-2-3-13(9(6)11(15)16)10(14)7-4-17-5-8(7)12/h6-9H,2-5,12H2,1H3,(H,15,16). The second-order valence-electron chi connectivity index (χ2n) is 4.89. The fourth-order valence-corrected chi connectivity index (χ4v) is 2.61. The molecule has 0 aromatic rings. The summed E-state index contributed by atoms with van der Waals surface area (Å²) >= 11 is 0. The van der Waals surface area contributed by atoms with Gasteiger partial charge in [-0.1, -0.05) is 6.92 Å². The number of carboxylic acids is 1. The van der Waals surface area contributed by atoms with Gasteiger partial charge in [0, 0.05) is 12.6 Å². The van der Waals surface area contributed by atoms with Crippen molar-refractivity contribution in [3.8, 4) is 0 Å². The molecule has 0 aliphatic carbocycles. The lowest BCUT2D eigenvalue weighted by Gasteiger charge is -2.26. The van der Waals surface area contributed by atoms with E-state index >= 15 is 0 Å². The number of hydrogen-bond donors (Lipinski definition) is 2. The summed E-state index contributed by atoms with van der Waals surface area (Å²) in [6, 6.07) is -1.02. The van der Waals surface area contributed by atoms with Gasteiger partial charge in [-0.2, -0.15) is 0 Å². The van der Waals surface area contributed by atoms with Crippen LogP contribution < -0.4 is 5.73 Å². The van der Waals surface area contributed by atoms with Crippen molar-refractivity contribution in [3.63, 3.8) is 0 Å². The molecule has 0 saturated carbocycles. The Balaban J connectivity index is 2.11. The Kier molecular flexibility index (Phi) is 3.35. The van der Waals surface area contributed by atoms with E-state index in [2.05, 4.69) is 0 Å². The molecule has 0 spiro atoms. The maximum Gasteiger partial charge on any atom is 0.326 e. The van der Waals surface area contributed by atoms with E-state index in [0.717, 1.165) is 6.42 Å². The normalized spacial score (nSPS) is 37.4. The Bertz CT molecular complexity index is 333. The van der Waals surface area contributed by atoms with Gasteiger partial charge in [-0.3, -0.25) is 4.79 Å². The zero-order valence-electron chi connectivity index (χ0n) is 9.83. The van der Waals surface area contributed by atoms with E-state index < -0.39 is 12.0 Å². The van der Waals surface area contributed by atoms with Crippen LogP contribution >= 0.6 is 0 Å². The number of carbonyl (C=O) groups is 2. The summed E-state index contributed by atoms with van der Waals surface area (Å²) in [5.41, 5.74) is 5.78. The van der Waals surface area contributed by atoms with Gasteiger partial charge in [0.15, 0.2) is 0 Å². The molecule has 3 N–H and O–H groups in total. The molecular weight excluding hydrogens is 224 g/mol. The van der Waals surface area contributed by atoms with E-state index in [1.807, 2.05) is 6.92 Å². The van der Waals surface area contributed by atoms with Crippen molar-refractivity contribution in [1.82, 2.24) is 4.90 Å². The fourth-order valence-electron chi connectivity index (χ4n) is 2.61. The number of ether oxygens (including phenoxy) is 1. The molecule has 2 saturated heterocycles. The first kappa shape index (κ1) is 12.3. The predicted octanol–water partition coefficient (Wildman–Crippen LogP) is -0.718. The second kappa shape index (κ2) is 4.62. The van der Waals surface area contributed by atoms with E-state index in [9.17, 15) is 9.59 Å². The Morgan fingerprint density at radius 1 is 1.41 bits per heavy atom. The number of rotatable bonds is 2. The van der Waals surface area contributed by atoms with Crippen LogP contribution in [0.1, 0.15) is 13.3 Å². The van der Waals surface area contributed by atoms with Crippen LogP contribution in [-0.4, -0.2) is 53.7 Å². The summed E-state index contributed by atoms with van der Waals surface area (Å²) < 4.78 is 5.15. The van der Waals surface area contributed by atoms with Crippen LogP contribution in [-0.2, 0) is 14.3 Å². The number of nitrogens with zero attached hydrogens (tertiary/aromatic N) is 1. The van der Waals surface area contributed by atoms with Crippen LogP contribution in [0.4, 0.5) is 0 Å². The summed E-state index contributed by atoms with van der Waals surface area (Å²) in [6.07, 6.45) is 0.728. The maximum atomic E-state index is 12.2. The van der Waals surface area contributed by atoms with Crippen LogP contribution in [0.3, 0.4) is 0 Å². The quantitative estimate of drug-likeness (QED) is 0.666. The van der Waals surface area contributed by atoms with Gasteiger partial charge in [0.2, 0.25) is 5.91 Å². The molecule has 2 aliphatic rings. The minimum absolute atomic E-state index is 0.00463. The Labute approximate surface area is 99.7 Å². The molecule has 0 aromatic heterocycles. The predicted molar refractivity (Wildman–Crippen MR) is 59.2 cm³/mol. The molecule has 6 heteroatoms. The van der Waals surface area contributed by atoms with Gasteiger partial charge in [0.1, 0.15) is 6.04 Å². The van der Waals surface area contributed by atoms with E-state index in [1.165, 1.54) is 4.90 Å². The largest absolute Gasteiger partial charge is 0.480 e. The Morgan fingerprint density at radius 3 is 2.65 bits per heavy atom.